The number of hydrogen-bond acceptors (Lipinski definition) is 1. The van der Waals surface area contributed by atoms with Crippen LogP contribution in [0, 0.1) is 12.3 Å². The minimum absolute atomic E-state index is 0.430. The van der Waals surface area contributed by atoms with Crippen LogP contribution in [0.4, 0.5) is 5.69 Å². The maximum Gasteiger partial charge on any atom is 0.193 e. The minimum atomic E-state index is 0.430. The van der Waals surface area contributed by atoms with Crippen molar-refractivity contribution in [2.24, 2.45) is 16.1 Å². The second-order valence-electron chi connectivity index (χ2n) is 5.40. The third-order valence-electron chi connectivity index (χ3n) is 4.07. The van der Waals surface area contributed by atoms with Gasteiger partial charge in [-0.3, -0.25) is 4.99 Å². The molecule has 2 rings (SSSR count). The molecule has 1 aliphatic carbocycles. The monoisotopic (exact) mass is 245 g/mol. The molecule has 1 aromatic carbocycles. The molecule has 3 heteroatoms. The summed E-state index contributed by atoms with van der Waals surface area (Å²) < 4.78 is 0. The van der Waals surface area contributed by atoms with Crippen molar-refractivity contribution in [3.8, 4) is 0 Å². The third-order valence-corrected chi connectivity index (χ3v) is 4.07. The van der Waals surface area contributed by atoms with Crippen LogP contribution in [0.15, 0.2) is 29.3 Å². The standard InChI is InChI=1S/C15H23N3/c1-3-15(9-4-10-15)11-17-14(16)18-13-7-5-12(2)6-8-13/h5-8H,3-4,9-11H2,1-2H3,(H3,16,17,18). The van der Waals surface area contributed by atoms with Gasteiger partial charge in [0.15, 0.2) is 5.96 Å². The largest absolute Gasteiger partial charge is 0.370 e. The van der Waals surface area contributed by atoms with Gasteiger partial charge in [-0.15, -0.1) is 0 Å². The first-order valence-electron chi connectivity index (χ1n) is 6.77. The first-order chi connectivity index (χ1) is 8.63. The maximum absolute atomic E-state index is 5.92. The zero-order valence-electron chi connectivity index (χ0n) is 11.4. The van der Waals surface area contributed by atoms with Crippen molar-refractivity contribution in [1.82, 2.24) is 0 Å². The van der Waals surface area contributed by atoms with E-state index < -0.39 is 0 Å². The Bertz CT molecular complexity index is 410. The van der Waals surface area contributed by atoms with Crippen molar-refractivity contribution in [2.75, 3.05) is 11.9 Å². The molecule has 0 saturated heterocycles. The van der Waals surface area contributed by atoms with E-state index >= 15 is 0 Å². The van der Waals surface area contributed by atoms with Gasteiger partial charge in [-0.05, 0) is 43.7 Å². The quantitative estimate of drug-likeness (QED) is 0.631. The van der Waals surface area contributed by atoms with E-state index in [9.17, 15) is 0 Å². The Morgan fingerprint density at radius 1 is 1.33 bits per heavy atom. The normalized spacial score (nSPS) is 18.2. The second-order valence-corrected chi connectivity index (χ2v) is 5.40. The summed E-state index contributed by atoms with van der Waals surface area (Å²) in [6.45, 7) is 5.18. The molecule has 98 valence electrons. The van der Waals surface area contributed by atoms with Crippen molar-refractivity contribution < 1.29 is 0 Å². The number of anilines is 1. The Balaban J connectivity index is 1.91. The summed E-state index contributed by atoms with van der Waals surface area (Å²) in [6, 6.07) is 8.18. The molecular formula is C15H23N3. The molecule has 1 aliphatic rings. The zero-order chi connectivity index (χ0) is 13.0. The predicted molar refractivity (Wildman–Crippen MR) is 77.9 cm³/mol. The molecule has 0 unspecified atom stereocenters. The minimum Gasteiger partial charge on any atom is -0.370 e. The lowest BCUT2D eigenvalue weighted by Crippen LogP contribution is -2.33. The molecular weight excluding hydrogens is 222 g/mol. The highest BCUT2D eigenvalue weighted by molar-refractivity contribution is 5.92. The van der Waals surface area contributed by atoms with Gasteiger partial charge in [0.2, 0.25) is 0 Å². The molecule has 0 bridgehead atoms. The van der Waals surface area contributed by atoms with E-state index in [-0.39, 0.29) is 0 Å². The number of nitrogens with zero attached hydrogens (tertiary/aromatic N) is 1. The molecule has 0 atom stereocenters. The van der Waals surface area contributed by atoms with Gasteiger partial charge in [0, 0.05) is 12.2 Å². The molecule has 0 radical (unpaired) electrons. The highest BCUT2D eigenvalue weighted by Gasteiger charge is 2.34. The number of guanidine groups is 1. The molecule has 0 amide bonds. The highest BCUT2D eigenvalue weighted by Crippen LogP contribution is 2.43. The Morgan fingerprint density at radius 3 is 2.50 bits per heavy atom. The van der Waals surface area contributed by atoms with Gasteiger partial charge in [-0.2, -0.15) is 0 Å². The van der Waals surface area contributed by atoms with Crippen molar-refractivity contribution in [1.29, 1.82) is 0 Å². The second kappa shape index (κ2) is 5.42. The fourth-order valence-corrected chi connectivity index (χ4v) is 2.38. The van der Waals surface area contributed by atoms with E-state index in [4.69, 9.17) is 5.73 Å². The van der Waals surface area contributed by atoms with Gasteiger partial charge in [0.1, 0.15) is 0 Å². The van der Waals surface area contributed by atoms with Crippen molar-refractivity contribution in [3.05, 3.63) is 29.8 Å². The lowest BCUT2D eigenvalue weighted by atomic mass is 9.67. The molecule has 0 heterocycles. The van der Waals surface area contributed by atoms with Gasteiger partial charge in [-0.1, -0.05) is 31.0 Å². The smallest absolute Gasteiger partial charge is 0.193 e. The van der Waals surface area contributed by atoms with Crippen LogP contribution >= 0.6 is 0 Å². The molecule has 0 aromatic heterocycles. The third kappa shape index (κ3) is 3.03. The van der Waals surface area contributed by atoms with Crippen LogP contribution in [0.5, 0.6) is 0 Å². The van der Waals surface area contributed by atoms with E-state index in [0.717, 1.165) is 12.2 Å². The van der Waals surface area contributed by atoms with Crippen molar-refractivity contribution >= 4 is 11.6 Å². The average molecular weight is 245 g/mol. The van der Waals surface area contributed by atoms with E-state index in [1.165, 1.54) is 31.2 Å². The van der Waals surface area contributed by atoms with E-state index in [1.54, 1.807) is 0 Å². The van der Waals surface area contributed by atoms with Gasteiger partial charge in [-0.25, -0.2) is 0 Å². The molecule has 1 aromatic rings. The fourth-order valence-electron chi connectivity index (χ4n) is 2.38. The SMILES string of the molecule is CCC1(CN=C(N)Nc2ccc(C)cc2)CCC1. The Morgan fingerprint density at radius 2 is 2.00 bits per heavy atom. The molecule has 18 heavy (non-hydrogen) atoms. The van der Waals surface area contributed by atoms with Crippen molar-refractivity contribution in [2.45, 2.75) is 39.5 Å². The number of nitrogens with one attached hydrogen (secondary N) is 1. The molecule has 1 saturated carbocycles. The first-order valence-corrected chi connectivity index (χ1v) is 6.77. The number of aryl methyl sites for hydroxylation is 1. The molecule has 3 N–H and O–H groups in total. The van der Waals surface area contributed by atoms with Crippen LogP contribution in [-0.4, -0.2) is 12.5 Å². The molecule has 0 spiro atoms. The highest BCUT2D eigenvalue weighted by atomic mass is 15.1. The Kier molecular flexibility index (Phi) is 3.90. The van der Waals surface area contributed by atoms with Crippen LogP contribution in [0.1, 0.15) is 38.2 Å². The Labute approximate surface area is 109 Å². The average Bonchev–Trinajstić information content (AvgIpc) is 2.31. The van der Waals surface area contributed by atoms with Gasteiger partial charge in [0.05, 0.1) is 0 Å². The van der Waals surface area contributed by atoms with E-state index in [1.807, 2.05) is 12.1 Å². The summed E-state index contributed by atoms with van der Waals surface area (Å²) in [4.78, 5) is 4.49. The number of benzene rings is 1. The molecule has 3 nitrogen and oxygen atoms in total. The summed E-state index contributed by atoms with van der Waals surface area (Å²) in [7, 11) is 0. The number of nitrogens with two attached hydrogens (primary N) is 1. The number of rotatable bonds is 4. The lowest BCUT2D eigenvalue weighted by Gasteiger charge is -2.40. The number of hydrogen-bond donors (Lipinski definition) is 2. The Hall–Kier alpha value is -1.51. The van der Waals surface area contributed by atoms with Crippen LogP contribution in [0.2, 0.25) is 0 Å². The predicted octanol–water partition coefficient (Wildman–Crippen LogP) is 3.30. The van der Waals surface area contributed by atoms with Gasteiger partial charge < -0.3 is 11.1 Å². The van der Waals surface area contributed by atoms with Crippen LogP contribution < -0.4 is 11.1 Å². The summed E-state index contributed by atoms with van der Waals surface area (Å²) in [6.07, 6.45) is 5.14. The van der Waals surface area contributed by atoms with Crippen LogP contribution in [0.25, 0.3) is 0 Å². The summed E-state index contributed by atoms with van der Waals surface area (Å²) >= 11 is 0. The molecule has 0 aliphatic heterocycles. The first kappa shape index (κ1) is 12.9. The lowest BCUT2D eigenvalue weighted by molar-refractivity contribution is 0.139. The van der Waals surface area contributed by atoms with E-state index in [2.05, 4.69) is 36.3 Å². The zero-order valence-corrected chi connectivity index (χ0v) is 11.4. The van der Waals surface area contributed by atoms with Gasteiger partial charge >= 0.3 is 0 Å². The van der Waals surface area contributed by atoms with Crippen LogP contribution in [-0.2, 0) is 0 Å². The maximum atomic E-state index is 5.92. The molecule has 1 fully saturated rings. The summed E-state index contributed by atoms with van der Waals surface area (Å²) in [5, 5.41) is 3.14. The summed E-state index contributed by atoms with van der Waals surface area (Å²) in [5.41, 5.74) is 8.60. The fraction of sp³-hybridized carbons (Fsp3) is 0.533. The topological polar surface area (TPSA) is 50.4 Å². The van der Waals surface area contributed by atoms with Crippen LogP contribution in [0.3, 0.4) is 0 Å². The van der Waals surface area contributed by atoms with Crippen molar-refractivity contribution in [3.63, 3.8) is 0 Å². The van der Waals surface area contributed by atoms with E-state index in [0.29, 0.717) is 11.4 Å². The van der Waals surface area contributed by atoms with Gasteiger partial charge in [0.25, 0.3) is 0 Å². The number of aliphatic imine (C=N–C) groups is 1. The summed E-state index contributed by atoms with van der Waals surface area (Å²) in [5.74, 6) is 0.526.